The Morgan fingerprint density at radius 2 is 0.917 bits per heavy atom. The number of rotatable bonds is 24. The van der Waals surface area contributed by atoms with E-state index in [1.54, 1.807) is 54.7 Å². The molecule has 4 atom stereocenters. The fourth-order valence-electron chi connectivity index (χ4n) is 16.5. The minimum atomic E-state index is -1.02. The summed E-state index contributed by atoms with van der Waals surface area (Å²) in [4.78, 5) is 154. The van der Waals surface area contributed by atoms with Gasteiger partial charge < -0.3 is 55.0 Å². The normalized spacial score (nSPS) is 19.1. The minimum Gasteiger partial charge on any atom is -0.481 e. The van der Waals surface area contributed by atoms with Crippen molar-refractivity contribution in [2.45, 2.75) is 88.4 Å². The van der Waals surface area contributed by atoms with Crippen LogP contribution in [-0.2, 0) is 38.2 Å². The lowest BCUT2D eigenvalue weighted by molar-refractivity contribution is -0.138. The van der Waals surface area contributed by atoms with Crippen molar-refractivity contribution in [1.82, 2.24) is 69.8 Å². The number of piperidine rings is 2. The number of halogens is 2. The number of aliphatic carboxylic acids is 1. The molecule has 8 aliphatic heterocycles. The zero-order valence-corrected chi connectivity index (χ0v) is 66.0. The number of benzene rings is 4. The summed E-state index contributed by atoms with van der Waals surface area (Å²) in [6.07, 6.45) is 8.03. The fourth-order valence-corrected chi connectivity index (χ4v) is 16.5. The lowest BCUT2D eigenvalue weighted by Gasteiger charge is -2.35. The molecular formula is C86H88F2N20O13. The average molecular weight is 1650 g/mol. The largest absolute Gasteiger partial charge is 0.481 e. The second-order valence-electron chi connectivity index (χ2n) is 30.3. The van der Waals surface area contributed by atoms with E-state index >= 15 is 0 Å². The van der Waals surface area contributed by atoms with E-state index in [-0.39, 0.29) is 110 Å². The van der Waals surface area contributed by atoms with E-state index in [0.29, 0.717) is 62.9 Å². The zero-order valence-electron chi connectivity index (χ0n) is 66.0. The van der Waals surface area contributed by atoms with Crippen LogP contribution >= 0.6 is 0 Å². The molecule has 35 heteroatoms. The third-order valence-electron chi connectivity index (χ3n) is 22.6. The molecule has 0 saturated carbocycles. The predicted molar refractivity (Wildman–Crippen MR) is 439 cm³/mol. The highest BCUT2D eigenvalue weighted by Crippen LogP contribution is 2.39. The molecule has 9 amide bonds. The van der Waals surface area contributed by atoms with Gasteiger partial charge in [0.15, 0.2) is 11.3 Å². The number of piperazine rings is 2. The highest BCUT2D eigenvalue weighted by molar-refractivity contribution is 6.25. The fraction of sp³-hybridized carbons (Fsp3) is 0.349. The summed E-state index contributed by atoms with van der Waals surface area (Å²) >= 11 is 0. The molecule has 0 aliphatic carbocycles. The molecular weight excluding hydrogens is 1560 g/mol. The van der Waals surface area contributed by atoms with Crippen molar-refractivity contribution in [1.29, 1.82) is 0 Å². The number of aromatic nitrogens is 8. The number of pyridine rings is 2. The molecule has 14 heterocycles. The van der Waals surface area contributed by atoms with E-state index in [2.05, 4.69) is 62.2 Å². The van der Waals surface area contributed by atoms with E-state index in [4.69, 9.17) is 34.7 Å². The van der Waals surface area contributed by atoms with Crippen LogP contribution in [0.2, 0.25) is 0 Å². The maximum Gasteiger partial charge on any atom is 0.305 e. The minimum absolute atomic E-state index is 0.0111. The molecule has 6 aromatic heterocycles. The number of nitrogens with one attached hydrogen (secondary N) is 5. The molecule has 33 nitrogen and oxygen atoms in total. The molecule has 6 saturated heterocycles. The van der Waals surface area contributed by atoms with Gasteiger partial charge in [0.05, 0.1) is 97.4 Å². The molecule has 18 rings (SSSR count). The first-order valence-electron chi connectivity index (χ1n) is 40.6. The van der Waals surface area contributed by atoms with Crippen LogP contribution in [-0.4, -0.2) is 235 Å². The Morgan fingerprint density at radius 1 is 0.463 bits per heavy atom. The van der Waals surface area contributed by atoms with Crippen LogP contribution < -0.4 is 46.2 Å². The maximum atomic E-state index is 14.1. The highest BCUT2D eigenvalue weighted by Gasteiger charge is 2.47. The summed E-state index contributed by atoms with van der Waals surface area (Å²) < 4.78 is 42.5. The van der Waals surface area contributed by atoms with Gasteiger partial charge in [-0.25, -0.2) is 37.7 Å². The number of hydrogen-bond acceptors (Lipinski definition) is 25. The Morgan fingerprint density at radius 3 is 1.38 bits per heavy atom. The van der Waals surface area contributed by atoms with Crippen molar-refractivity contribution in [3.8, 4) is 22.8 Å². The van der Waals surface area contributed by atoms with Gasteiger partial charge in [-0.05, 0) is 159 Å². The Kier molecular flexibility index (Phi) is 24.4. The van der Waals surface area contributed by atoms with Crippen molar-refractivity contribution in [2.24, 2.45) is 0 Å². The number of carboxylic acids is 1. The predicted octanol–water partition coefficient (Wildman–Crippen LogP) is 7.51. The summed E-state index contributed by atoms with van der Waals surface area (Å²) in [5.74, 6) is -2.32. The topological polar surface area (TPSA) is 378 Å². The lowest BCUT2D eigenvalue weighted by atomic mass is 10.0. The van der Waals surface area contributed by atoms with Crippen LogP contribution in [0.5, 0.6) is 0 Å². The molecule has 4 aromatic carbocycles. The van der Waals surface area contributed by atoms with Gasteiger partial charge in [0, 0.05) is 103 Å². The van der Waals surface area contributed by atoms with E-state index in [1.807, 2.05) is 86.9 Å². The number of hydrogen-bond donors (Lipinski definition) is 6. The van der Waals surface area contributed by atoms with Gasteiger partial charge in [-0.1, -0.05) is 36.4 Å². The van der Waals surface area contributed by atoms with Crippen LogP contribution in [0.25, 0.3) is 34.1 Å². The first-order chi connectivity index (χ1) is 58.9. The monoisotopic (exact) mass is 1650 g/mol. The van der Waals surface area contributed by atoms with Gasteiger partial charge in [0.1, 0.15) is 58.4 Å². The Balaban J connectivity index is 0.000000150. The maximum absolute atomic E-state index is 14.1. The van der Waals surface area contributed by atoms with E-state index in [9.17, 15) is 56.7 Å². The van der Waals surface area contributed by atoms with Gasteiger partial charge in [-0.15, -0.1) is 10.2 Å². The molecule has 121 heavy (non-hydrogen) atoms. The number of carbonyl (C=O) groups is 10. The summed E-state index contributed by atoms with van der Waals surface area (Å²) in [5, 5.41) is 32.4. The first kappa shape index (κ1) is 81.2. The van der Waals surface area contributed by atoms with E-state index in [1.165, 1.54) is 24.3 Å². The molecule has 0 radical (unpaired) electrons. The molecule has 6 N–H and O–H groups in total. The first-order valence-corrected chi connectivity index (χ1v) is 40.6. The van der Waals surface area contributed by atoms with Crippen molar-refractivity contribution in [2.75, 3.05) is 135 Å². The quantitative estimate of drug-likeness (QED) is 0.0251. The molecule has 0 spiro atoms. The van der Waals surface area contributed by atoms with Crippen LogP contribution in [0.15, 0.2) is 158 Å². The number of imide groups is 4. The lowest BCUT2D eigenvalue weighted by Crippen LogP contribution is -2.54. The summed E-state index contributed by atoms with van der Waals surface area (Å²) in [7, 11) is 0. The van der Waals surface area contributed by atoms with Crippen molar-refractivity contribution in [3.05, 3.63) is 203 Å². The molecule has 10 aromatic rings. The van der Waals surface area contributed by atoms with Gasteiger partial charge >= 0.3 is 5.97 Å². The van der Waals surface area contributed by atoms with E-state index in [0.717, 1.165) is 138 Å². The zero-order chi connectivity index (χ0) is 83.8. The van der Waals surface area contributed by atoms with Crippen molar-refractivity contribution < 1.29 is 71.3 Å². The highest BCUT2D eigenvalue weighted by atomic mass is 19.1. The van der Waals surface area contributed by atoms with E-state index < -0.39 is 65.3 Å². The molecule has 624 valence electrons. The number of amides is 9. The molecule has 8 aliphatic rings. The molecule has 6 fully saturated rings. The van der Waals surface area contributed by atoms with Crippen LogP contribution in [0.3, 0.4) is 0 Å². The molecule has 2 unspecified atom stereocenters. The Bertz CT molecular complexity index is 5660. The van der Waals surface area contributed by atoms with Crippen molar-refractivity contribution in [3.63, 3.8) is 0 Å². The van der Waals surface area contributed by atoms with Crippen LogP contribution in [0.1, 0.15) is 129 Å². The number of carboxylic acid groups (broad SMARTS) is 1. The standard InChI is InChI=1S/C43H43FN10O6.C25H26FN7.C18H19N3O7/c44-28-5-1-4-27(24-28)33-7-3-17-52(33)38-13-12-36-46-26-35(54(36)49-38)32-6-2-8-37(47-32)50-18-20-51(21-19-50)40(56)15-22-60-23-16-45-29-9-10-30-31(25-29)43(59)53(42(30)58)34-11-14-39(55)48-41(34)57;26-19-5-1-4-18(16-19)21-7-3-13-32(21)25-10-9-23-28-17-22(33(23)30-25)20-6-2-8-24(29-20)31-14-11-27-12-15-31;22-14-4-3-13(16(25)20-14)21-17(26)11-2-1-10(9-12(11)18(21)27)19-6-8-28-7-5-15(23)24/h1-2,4-6,8-10,12-13,24-26,33-34,45H,3,7,11,14-23H2,(H,48,55,57);1-2,4-6,8-10,16-17,21,27H,3,7,11-15H2;1-2,9,13,19H,3-8H2,(H,23,24)(H,20,22,25)/t33-,34?;21-;/m00./s1. The van der Waals surface area contributed by atoms with Gasteiger partial charge in [0.2, 0.25) is 29.5 Å². The Labute approximate surface area is 692 Å². The van der Waals surface area contributed by atoms with Gasteiger partial charge in [-0.3, -0.25) is 68.4 Å². The summed E-state index contributed by atoms with van der Waals surface area (Å²) in [6.45, 7) is 9.62. The average Bonchev–Trinajstić information content (AvgIpc) is 1.61. The summed E-state index contributed by atoms with van der Waals surface area (Å²) in [5.41, 5.74) is 8.62. The SMILES string of the molecule is Fc1cccc([C@@H]2CCCN2c2ccc3ncc(-c4cccc(N5CCNCC5)n4)n3n2)c1.O=C(O)CCOCCNc1ccc2c(c1)C(=O)N(C1CCC(=O)NC1=O)C2=O.O=C1CCC(N2C(=O)c3ccc(NCCOCCC(=O)N4CCN(c5cccc(-c6cnc7ccc(N8CCC[C@H]8c8cccc(F)c8)nn67)n5)CC4)cc3C2=O)C(=O)N1. The Hall–Kier alpha value is -13.5. The third-order valence-corrected chi connectivity index (χ3v) is 22.6. The number of carbonyl (C=O) groups excluding carboxylic acids is 9. The summed E-state index contributed by atoms with van der Waals surface area (Å²) in [6, 6.07) is 41.2. The second kappa shape index (κ2) is 36.4. The van der Waals surface area contributed by atoms with Crippen LogP contribution in [0, 0.1) is 11.6 Å². The van der Waals surface area contributed by atoms with Gasteiger partial charge in [0.25, 0.3) is 23.6 Å². The molecule has 0 bridgehead atoms. The number of nitrogens with zero attached hydrogens (tertiary/aromatic N) is 15. The van der Waals surface area contributed by atoms with Crippen molar-refractivity contribution >= 4 is 105 Å². The van der Waals surface area contributed by atoms with Gasteiger partial charge in [-0.2, -0.15) is 0 Å². The second-order valence-corrected chi connectivity index (χ2v) is 30.3. The third kappa shape index (κ3) is 17.9. The number of anilines is 6. The number of fused-ring (bicyclic) bond motifs is 4. The number of imidazole rings is 2. The smallest absolute Gasteiger partial charge is 0.305 e. The number of ether oxygens (including phenoxy) is 2. The van der Waals surface area contributed by atoms with Crippen LogP contribution in [0.4, 0.5) is 43.4 Å².